The molecule has 1 aliphatic carbocycles. The maximum atomic E-state index is 12.2. The van der Waals surface area contributed by atoms with E-state index in [0.717, 1.165) is 17.1 Å². The molecule has 4 rings (SSSR count). The molecular weight excluding hydrogens is 320 g/mol. The van der Waals surface area contributed by atoms with E-state index in [2.05, 4.69) is 13.5 Å². The van der Waals surface area contributed by atoms with Gasteiger partial charge in [0.2, 0.25) is 12.6 Å². The summed E-state index contributed by atoms with van der Waals surface area (Å²) in [5.41, 5.74) is 0.567. The number of methoxy groups -OCH3 is 1. The van der Waals surface area contributed by atoms with Crippen molar-refractivity contribution < 1.29 is 23.7 Å². The highest BCUT2D eigenvalue weighted by Gasteiger charge is 2.53. The largest absolute Gasteiger partial charge is 0.493 e. The molecule has 2 heterocycles. The monoisotopic (exact) mass is 340 g/mol. The van der Waals surface area contributed by atoms with Gasteiger partial charge in [-0.2, -0.15) is 0 Å². The molecule has 5 heteroatoms. The Labute approximate surface area is 146 Å². The highest BCUT2D eigenvalue weighted by atomic mass is 16.7. The molecule has 0 bridgehead atoms. The maximum Gasteiger partial charge on any atom is 0.231 e. The maximum absolute atomic E-state index is 12.2. The molecule has 0 unspecified atom stereocenters. The standard InChI is InChI=1S/C20H20O5/c1-4-7-20-10-17(22-3)14(21)9-18(20)25-19(12(20)2)13-5-6-15-16(8-13)24-11-23-15/h4-6,8-10,12,19H,1,7,11H2,2-3H3/t12-,19+,20+/m0/s1. The van der Waals surface area contributed by atoms with Crippen LogP contribution in [0.5, 0.6) is 11.5 Å². The van der Waals surface area contributed by atoms with Gasteiger partial charge >= 0.3 is 0 Å². The van der Waals surface area contributed by atoms with Gasteiger partial charge in [-0.05, 0) is 30.2 Å². The van der Waals surface area contributed by atoms with E-state index in [0.29, 0.717) is 17.9 Å². The van der Waals surface area contributed by atoms with E-state index in [1.54, 1.807) is 6.08 Å². The second-order valence-corrected chi connectivity index (χ2v) is 6.56. The van der Waals surface area contributed by atoms with Crippen molar-refractivity contribution in [2.24, 2.45) is 11.3 Å². The predicted octanol–water partition coefficient (Wildman–Crippen LogP) is 3.68. The van der Waals surface area contributed by atoms with E-state index < -0.39 is 5.41 Å². The lowest BCUT2D eigenvalue weighted by atomic mass is 9.69. The molecule has 1 aromatic carbocycles. The van der Waals surface area contributed by atoms with Crippen molar-refractivity contribution in [2.45, 2.75) is 19.4 Å². The normalized spacial score (nSPS) is 29.4. The van der Waals surface area contributed by atoms with Gasteiger partial charge in [-0.15, -0.1) is 6.58 Å². The molecule has 3 aliphatic rings. The van der Waals surface area contributed by atoms with Gasteiger partial charge in [0.25, 0.3) is 0 Å². The smallest absolute Gasteiger partial charge is 0.231 e. The molecule has 0 saturated carbocycles. The van der Waals surface area contributed by atoms with Gasteiger partial charge < -0.3 is 18.9 Å². The molecular formula is C20H20O5. The molecule has 25 heavy (non-hydrogen) atoms. The molecule has 1 aromatic rings. The van der Waals surface area contributed by atoms with Crippen molar-refractivity contribution >= 4 is 5.78 Å². The van der Waals surface area contributed by atoms with E-state index in [9.17, 15) is 4.79 Å². The summed E-state index contributed by atoms with van der Waals surface area (Å²) in [6.45, 7) is 6.25. The molecule has 0 N–H and O–H groups in total. The third-order valence-corrected chi connectivity index (χ3v) is 5.30. The number of allylic oxidation sites excluding steroid dienone is 3. The van der Waals surface area contributed by atoms with Crippen molar-refractivity contribution in [1.82, 2.24) is 0 Å². The summed E-state index contributed by atoms with van der Waals surface area (Å²) in [5.74, 6) is 2.41. The number of hydrogen-bond donors (Lipinski definition) is 0. The second kappa shape index (κ2) is 5.69. The Morgan fingerprint density at radius 1 is 1.36 bits per heavy atom. The average molecular weight is 340 g/mol. The van der Waals surface area contributed by atoms with Crippen LogP contribution in [0.25, 0.3) is 0 Å². The minimum Gasteiger partial charge on any atom is -0.493 e. The Kier molecular flexibility index (Phi) is 3.60. The van der Waals surface area contributed by atoms with Gasteiger partial charge in [0.1, 0.15) is 11.9 Å². The van der Waals surface area contributed by atoms with Gasteiger partial charge in [0.15, 0.2) is 17.3 Å². The van der Waals surface area contributed by atoms with Gasteiger partial charge in [0, 0.05) is 12.0 Å². The molecule has 1 saturated heterocycles. The number of fused-ring (bicyclic) bond motifs is 2. The fourth-order valence-electron chi connectivity index (χ4n) is 3.90. The van der Waals surface area contributed by atoms with E-state index in [1.807, 2.05) is 30.4 Å². The number of rotatable bonds is 4. The first-order valence-corrected chi connectivity index (χ1v) is 8.29. The van der Waals surface area contributed by atoms with Gasteiger partial charge in [-0.3, -0.25) is 4.79 Å². The minimum absolute atomic E-state index is 0.0929. The third kappa shape index (κ3) is 2.26. The fraction of sp³-hybridized carbons (Fsp3) is 0.350. The summed E-state index contributed by atoms with van der Waals surface area (Å²) in [4.78, 5) is 12.2. The zero-order valence-electron chi connectivity index (χ0n) is 14.3. The molecule has 0 radical (unpaired) electrons. The lowest BCUT2D eigenvalue weighted by Crippen LogP contribution is -2.29. The first-order valence-electron chi connectivity index (χ1n) is 8.29. The summed E-state index contributed by atoms with van der Waals surface area (Å²) in [5, 5.41) is 0. The summed E-state index contributed by atoms with van der Waals surface area (Å²) < 4.78 is 22.4. The molecule has 5 nitrogen and oxygen atoms in total. The Morgan fingerprint density at radius 2 is 2.16 bits per heavy atom. The highest BCUT2D eigenvalue weighted by Crippen LogP contribution is 2.58. The van der Waals surface area contributed by atoms with Crippen LogP contribution in [0.3, 0.4) is 0 Å². The number of carbonyl (C=O) groups excluding carboxylic acids is 1. The van der Waals surface area contributed by atoms with Crippen LogP contribution in [0.15, 0.2) is 54.5 Å². The SMILES string of the molecule is C=CC[C@]12C=C(OC)C(=O)C=C1O[C@@H](c1ccc3c(c1)OCO3)[C@@H]2C. The topological polar surface area (TPSA) is 54.0 Å². The summed E-state index contributed by atoms with van der Waals surface area (Å²) >= 11 is 0. The van der Waals surface area contributed by atoms with Crippen molar-refractivity contribution in [3.63, 3.8) is 0 Å². The van der Waals surface area contributed by atoms with E-state index in [-0.39, 0.29) is 24.6 Å². The molecule has 0 aromatic heterocycles. The van der Waals surface area contributed by atoms with Crippen LogP contribution in [0.1, 0.15) is 25.0 Å². The number of benzene rings is 1. The third-order valence-electron chi connectivity index (χ3n) is 5.30. The van der Waals surface area contributed by atoms with Crippen LogP contribution in [-0.4, -0.2) is 19.7 Å². The van der Waals surface area contributed by atoms with Crippen LogP contribution < -0.4 is 9.47 Å². The van der Waals surface area contributed by atoms with E-state index in [4.69, 9.17) is 18.9 Å². The molecule has 1 fully saturated rings. The van der Waals surface area contributed by atoms with Gasteiger partial charge in [-0.25, -0.2) is 0 Å². The Hall–Kier alpha value is -2.69. The fourth-order valence-corrected chi connectivity index (χ4v) is 3.90. The van der Waals surface area contributed by atoms with Gasteiger partial charge in [-0.1, -0.05) is 19.1 Å². The van der Waals surface area contributed by atoms with E-state index >= 15 is 0 Å². The summed E-state index contributed by atoms with van der Waals surface area (Å²) in [6.07, 6.45) is 5.77. The zero-order valence-corrected chi connectivity index (χ0v) is 14.3. The Balaban J connectivity index is 1.76. The molecule has 2 aliphatic heterocycles. The zero-order chi connectivity index (χ0) is 17.6. The van der Waals surface area contributed by atoms with E-state index in [1.165, 1.54) is 7.11 Å². The molecule has 0 amide bonds. The first kappa shape index (κ1) is 15.8. The number of carbonyl (C=O) groups is 1. The molecule has 3 atom stereocenters. The van der Waals surface area contributed by atoms with Gasteiger partial charge in [0.05, 0.1) is 12.5 Å². The van der Waals surface area contributed by atoms with Crippen molar-refractivity contribution in [3.05, 3.63) is 60.1 Å². The minimum atomic E-state index is -0.429. The molecule has 0 spiro atoms. The predicted molar refractivity (Wildman–Crippen MR) is 91.0 cm³/mol. The van der Waals surface area contributed by atoms with Crippen molar-refractivity contribution in [3.8, 4) is 11.5 Å². The van der Waals surface area contributed by atoms with Crippen LogP contribution in [0.4, 0.5) is 0 Å². The first-order chi connectivity index (χ1) is 12.1. The van der Waals surface area contributed by atoms with Crippen molar-refractivity contribution in [1.29, 1.82) is 0 Å². The summed E-state index contributed by atoms with van der Waals surface area (Å²) in [7, 11) is 1.51. The number of ketones is 1. The van der Waals surface area contributed by atoms with Crippen LogP contribution in [0, 0.1) is 11.3 Å². The van der Waals surface area contributed by atoms with Crippen LogP contribution in [0.2, 0.25) is 0 Å². The lowest BCUT2D eigenvalue weighted by Gasteiger charge is -2.31. The quantitative estimate of drug-likeness (QED) is 0.783. The van der Waals surface area contributed by atoms with Crippen LogP contribution >= 0.6 is 0 Å². The lowest BCUT2D eigenvalue weighted by molar-refractivity contribution is -0.114. The second-order valence-electron chi connectivity index (χ2n) is 6.56. The Morgan fingerprint density at radius 3 is 2.92 bits per heavy atom. The molecule has 130 valence electrons. The Bertz CT molecular complexity index is 806. The van der Waals surface area contributed by atoms with Crippen LogP contribution in [-0.2, 0) is 14.3 Å². The number of hydrogen-bond acceptors (Lipinski definition) is 5. The number of ether oxygens (including phenoxy) is 4. The summed E-state index contributed by atoms with van der Waals surface area (Å²) in [6, 6.07) is 5.83. The average Bonchev–Trinajstić information content (AvgIpc) is 3.18. The highest BCUT2D eigenvalue weighted by molar-refractivity contribution is 6.04. The van der Waals surface area contributed by atoms with Crippen molar-refractivity contribution in [2.75, 3.05) is 13.9 Å².